The van der Waals surface area contributed by atoms with E-state index in [9.17, 15) is 0 Å². The number of hydrogen-bond acceptors (Lipinski definition) is 4. The van der Waals surface area contributed by atoms with Gasteiger partial charge in [-0.25, -0.2) is 4.98 Å². The molecule has 4 heterocycles. The van der Waals surface area contributed by atoms with E-state index < -0.39 is 0 Å². The van der Waals surface area contributed by atoms with Gasteiger partial charge in [0.05, 0.1) is 6.20 Å². The van der Waals surface area contributed by atoms with Crippen LogP contribution < -0.4 is 0 Å². The van der Waals surface area contributed by atoms with Gasteiger partial charge in [0, 0.05) is 63.4 Å². The quantitative estimate of drug-likeness (QED) is 0.865. The molecule has 0 aliphatic carbocycles. The lowest BCUT2D eigenvalue weighted by molar-refractivity contribution is -0.0458. The maximum Gasteiger partial charge on any atom is 0.137 e. The highest BCUT2D eigenvalue weighted by molar-refractivity contribution is 5.19. The molecule has 0 spiro atoms. The molecule has 1 saturated heterocycles. The Morgan fingerprint density at radius 1 is 1.29 bits per heavy atom. The van der Waals surface area contributed by atoms with E-state index >= 15 is 0 Å². The zero-order valence-corrected chi connectivity index (χ0v) is 14.7. The number of aromatic nitrogens is 4. The Kier molecular flexibility index (Phi) is 4.41. The Hall–Kier alpha value is -1.66. The van der Waals surface area contributed by atoms with Crippen LogP contribution in [0.1, 0.15) is 42.4 Å². The first-order valence-electron chi connectivity index (χ1n) is 9.03. The minimum Gasteiger partial charge on any atom is -0.370 e. The van der Waals surface area contributed by atoms with Gasteiger partial charge in [-0.3, -0.25) is 9.58 Å². The van der Waals surface area contributed by atoms with E-state index in [0.717, 1.165) is 44.9 Å². The van der Waals surface area contributed by atoms with Gasteiger partial charge >= 0.3 is 0 Å². The van der Waals surface area contributed by atoms with Gasteiger partial charge in [0.15, 0.2) is 0 Å². The van der Waals surface area contributed by atoms with Crippen LogP contribution in [0.5, 0.6) is 0 Å². The summed E-state index contributed by atoms with van der Waals surface area (Å²) in [5, 5.41) is 4.44. The summed E-state index contributed by atoms with van der Waals surface area (Å²) in [6, 6.07) is 0. The summed E-state index contributed by atoms with van der Waals surface area (Å²) in [6.07, 6.45) is 10.7. The van der Waals surface area contributed by atoms with Gasteiger partial charge in [-0.1, -0.05) is 0 Å². The molecule has 2 aliphatic heterocycles. The fourth-order valence-electron chi connectivity index (χ4n) is 4.21. The highest BCUT2D eigenvalue weighted by Crippen LogP contribution is 2.34. The molecule has 0 radical (unpaired) electrons. The molecule has 130 valence electrons. The normalized spacial score (nSPS) is 25.4. The summed E-state index contributed by atoms with van der Waals surface area (Å²) >= 11 is 0. The SMILES string of the molecule is Cn1ccnc1[C@@H]1OCCC[C@H]1CN1CCCc2c(cnn2C)C1. The van der Waals surface area contributed by atoms with Crippen LogP contribution >= 0.6 is 0 Å². The highest BCUT2D eigenvalue weighted by atomic mass is 16.5. The minimum atomic E-state index is 0.121. The zero-order chi connectivity index (χ0) is 16.5. The standard InChI is InChI=1S/C18H27N5O/c1-21-9-7-19-18(21)17-14(5-4-10-24-17)12-23-8-3-6-16-15(13-23)11-20-22(16)2/h7,9,11,14,17H,3-6,8,10,12-13H2,1-2H3/t14-,17+/m0/s1. The minimum absolute atomic E-state index is 0.121. The topological polar surface area (TPSA) is 48.1 Å². The lowest BCUT2D eigenvalue weighted by atomic mass is 9.92. The Balaban J connectivity index is 1.49. The van der Waals surface area contributed by atoms with E-state index in [1.54, 1.807) is 0 Å². The van der Waals surface area contributed by atoms with Crippen LogP contribution in [-0.4, -0.2) is 43.9 Å². The molecule has 1 fully saturated rings. The van der Waals surface area contributed by atoms with E-state index in [1.165, 1.54) is 24.1 Å². The molecular weight excluding hydrogens is 302 g/mol. The average molecular weight is 329 g/mol. The van der Waals surface area contributed by atoms with Gasteiger partial charge in [-0.2, -0.15) is 5.10 Å². The van der Waals surface area contributed by atoms with Crippen molar-refractivity contribution in [2.45, 2.75) is 38.3 Å². The van der Waals surface area contributed by atoms with E-state index in [4.69, 9.17) is 4.74 Å². The third kappa shape index (κ3) is 3.00. The van der Waals surface area contributed by atoms with Crippen molar-refractivity contribution < 1.29 is 4.74 Å². The molecule has 6 heteroatoms. The first-order chi connectivity index (χ1) is 11.7. The van der Waals surface area contributed by atoms with Gasteiger partial charge in [0.2, 0.25) is 0 Å². The van der Waals surface area contributed by atoms with Crippen LogP contribution in [0.4, 0.5) is 0 Å². The third-order valence-electron chi connectivity index (χ3n) is 5.48. The number of imidazole rings is 1. The van der Waals surface area contributed by atoms with Crippen molar-refractivity contribution in [1.29, 1.82) is 0 Å². The molecule has 0 aromatic carbocycles. The lowest BCUT2D eigenvalue weighted by Gasteiger charge is -2.35. The fourth-order valence-corrected chi connectivity index (χ4v) is 4.21. The van der Waals surface area contributed by atoms with E-state index in [0.29, 0.717) is 5.92 Å². The van der Waals surface area contributed by atoms with Crippen molar-refractivity contribution in [3.8, 4) is 0 Å². The predicted octanol–water partition coefficient (Wildman–Crippen LogP) is 2.07. The van der Waals surface area contributed by atoms with E-state index in [1.807, 2.05) is 23.3 Å². The first kappa shape index (κ1) is 15.8. The van der Waals surface area contributed by atoms with Gasteiger partial charge in [0.1, 0.15) is 11.9 Å². The molecule has 0 bridgehead atoms. The molecule has 6 nitrogen and oxygen atoms in total. The first-order valence-corrected chi connectivity index (χ1v) is 9.03. The summed E-state index contributed by atoms with van der Waals surface area (Å²) < 4.78 is 10.3. The second-order valence-corrected chi connectivity index (χ2v) is 7.17. The summed E-state index contributed by atoms with van der Waals surface area (Å²) in [6.45, 7) is 4.08. The molecule has 2 aliphatic rings. The average Bonchev–Trinajstić information content (AvgIpc) is 3.08. The van der Waals surface area contributed by atoms with Gasteiger partial charge in [-0.05, 0) is 32.2 Å². The summed E-state index contributed by atoms with van der Waals surface area (Å²) in [5.41, 5.74) is 2.79. The molecule has 2 atom stereocenters. The molecule has 4 rings (SSSR count). The maximum absolute atomic E-state index is 6.14. The van der Waals surface area contributed by atoms with Crippen molar-refractivity contribution in [3.63, 3.8) is 0 Å². The predicted molar refractivity (Wildman–Crippen MR) is 91.4 cm³/mol. The highest BCUT2D eigenvalue weighted by Gasteiger charge is 2.32. The number of aryl methyl sites for hydroxylation is 2. The molecule has 0 saturated carbocycles. The smallest absolute Gasteiger partial charge is 0.137 e. The summed E-state index contributed by atoms with van der Waals surface area (Å²) in [5.74, 6) is 1.58. The Labute approximate surface area is 143 Å². The van der Waals surface area contributed by atoms with Crippen LogP contribution in [0.15, 0.2) is 18.6 Å². The van der Waals surface area contributed by atoms with Crippen molar-refractivity contribution in [1.82, 2.24) is 24.2 Å². The molecule has 0 N–H and O–H groups in total. The molecule has 0 amide bonds. The third-order valence-corrected chi connectivity index (χ3v) is 5.48. The van der Waals surface area contributed by atoms with Crippen molar-refractivity contribution in [2.75, 3.05) is 19.7 Å². The van der Waals surface area contributed by atoms with Gasteiger partial charge < -0.3 is 9.30 Å². The Morgan fingerprint density at radius 2 is 2.21 bits per heavy atom. The molecule has 2 aromatic heterocycles. The van der Waals surface area contributed by atoms with E-state index in [2.05, 4.69) is 33.6 Å². The van der Waals surface area contributed by atoms with Crippen LogP contribution in [0.2, 0.25) is 0 Å². The van der Waals surface area contributed by atoms with Crippen LogP contribution in [0.25, 0.3) is 0 Å². The van der Waals surface area contributed by atoms with Crippen molar-refractivity contribution in [2.24, 2.45) is 20.0 Å². The number of nitrogens with zero attached hydrogens (tertiary/aromatic N) is 5. The number of hydrogen-bond donors (Lipinski definition) is 0. The maximum atomic E-state index is 6.14. The fraction of sp³-hybridized carbons (Fsp3) is 0.667. The van der Waals surface area contributed by atoms with E-state index in [-0.39, 0.29) is 6.10 Å². The Bertz CT molecular complexity index is 691. The second-order valence-electron chi connectivity index (χ2n) is 7.17. The van der Waals surface area contributed by atoms with Gasteiger partial charge in [-0.15, -0.1) is 0 Å². The summed E-state index contributed by atoms with van der Waals surface area (Å²) in [7, 11) is 4.12. The monoisotopic (exact) mass is 329 g/mol. The second kappa shape index (κ2) is 6.69. The van der Waals surface area contributed by atoms with Crippen molar-refractivity contribution >= 4 is 0 Å². The zero-order valence-electron chi connectivity index (χ0n) is 14.7. The summed E-state index contributed by atoms with van der Waals surface area (Å²) in [4.78, 5) is 7.13. The van der Waals surface area contributed by atoms with Gasteiger partial charge in [0.25, 0.3) is 0 Å². The van der Waals surface area contributed by atoms with Crippen LogP contribution in [0.3, 0.4) is 0 Å². The van der Waals surface area contributed by atoms with Crippen LogP contribution in [0, 0.1) is 5.92 Å². The molecule has 0 unspecified atom stereocenters. The molecular formula is C18H27N5O. The largest absolute Gasteiger partial charge is 0.370 e. The number of ether oxygens (including phenoxy) is 1. The Morgan fingerprint density at radius 3 is 3.04 bits per heavy atom. The number of fused-ring (bicyclic) bond motifs is 1. The van der Waals surface area contributed by atoms with Crippen molar-refractivity contribution in [3.05, 3.63) is 35.7 Å². The molecule has 24 heavy (non-hydrogen) atoms. The lowest BCUT2D eigenvalue weighted by Crippen LogP contribution is -2.36. The number of rotatable bonds is 3. The van der Waals surface area contributed by atoms with Crippen LogP contribution in [-0.2, 0) is 31.8 Å². The molecule has 2 aromatic rings.